The SMILES string of the molecule is CCCNC(=O)CN=C1NC(C)CS1. The molecule has 1 atom stereocenters. The number of carbonyl (C=O) groups excluding carboxylic acids is 1. The molecule has 0 aliphatic carbocycles. The highest BCUT2D eigenvalue weighted by atomic mass is 32.2. The molecule has 1 fully saturated rings. The normalized spacial score (nSPS) is 23.6. The molecule has 0 spiro atoms. The van der Waals surface area contributed by atoms with Crippen molar-refractivity contribution < 1.29 is 4.79 Å². The van der Waals surface area contributed by atoms with Crippen molar-refractivity contribution in [2.45, 2.75) is 26.3 Å². The van der Waals surface area contributed by atoms with Crippen molar-refractivity contribution in [3.63, 3.8) is 0 Å². The molecule has 0 bridgehead atoms. The smallest absolute Gasteiger partial charge is 0.241 e. The third-order valence-electron chi connectivity index (χ3n) is 1.78. The van der Waals surface area contributed by atoms with E-state index in [-0.39, 0.29) is 12.5 Å². The highest BCUT2D eigenvalue weighted by Crippen LogP contribution is 2.12. The molecule has 1 unspecified atom stereocenters. The largest absolute Gasteiger partial charge is 0.362 e. The van der Waals surface area contributed by atoms with E-state index in [0.717, 1.165) is 23.9 Å². The van der Waals surface area contributed by atoms with E-state index >= 15 is 0 Å². The quantitative estimate of drug-likeness (QED) is 0.722. The monoisotopic (exact) mass is 215 g/mol. The summed E-state index contributed by atoms with van der Waals surface area (Å²) in [5.74, 6) is 1.04. The lowest BCUT2D eigenvalue weighted by molar-refractivity contribution is -0.119. The zero-order valence-electron chi connectivity index (χ0n) is 8.67. The van der Waals surface area contributed by atoms with Crippen molar-refractivity contribution in [2.24, 2.45) is 4.99 Å². The maximum atomic E-state index is 11.2. The van der Waals surface area contributed by atoms with Gasteiger partial charge in [0.15, 0.2) is 5.17 Å². The number of carbonyl (C=O) groups is 1. The highest BCUT2D eigenvalue weighted by molar-refractivity contribution is 8.14. The molecule has 5 heteroatoms. The summed E-state index contributed by atoms with van der Waals surface area (Å²) in [4.78, 5) is 15.4. The van der Waals surface area contributed by atoms with Crippen LogP contribution in [0.3, 0.4) is 0 Å². The Kier molecular flexibility index (Phi) is 4.79. The lowest BCUT2D eigenvalue weighted by Gasteiger charge is -2.02. The van der Waals surface area contributed by atoms with Crippen LogP contribution in [-0.4, -0.2) is 36.0 Å². The first-order valence-corrected chi connectivity index (χ1v) is 5.91. The Hall–Kier alpha value is -0.710. The molecule has 1 heterocycles. The van der Waals surface area contributed by atoms with Crippen LogP contribution < -0.4 is 10.6 Å². The average molecular weight is 215 g/mol. The number of thioether (sulfide) groups is 1. The van der Waals surface area contributed by atoms with E-state index < -0.39 is 0 Å². The van der Waals surface area contributed by atoms with Crippen molar-refractivity contribution in [1.29, 1.82) is 0 Å². The molecule has 4 nitrogen and oxygen atoms in total. The van der Waals surface area contributed by atoms with Crippen LogP contribution in [0, 0.1) is 0 Å². The van der Waals surface area contributed by atoms with E-state index in [9.17, 15) is 4.79 Å². The van der Waals surface area contributed by atoms with Crippen LogP contribution >= 0.6 is 11.8 Å². The fourth-order valence-corrected chi connectivity index (χ4v) is 1.98. The average Bonchev–Trinajstić information content (AvgIpc) is 2.58. The summed E-state index contributed by atoms with van der Waals surface area (Å²) in [6.45, 7) is 5.11. The standard InChI is InChI=1S/C9H17N3OS/c1-3-4-10-8(13)5-11-9-12-7(2)6-14-9/h7H,3-6H2,1-2H3,(H,10,13)(H,11,12). The van der Waals surface area contributed by atoms with Crippen molar-refractivity contribution in [2.75, 3.05) is 18.8 Å². The maximum absolute atomic E-state index is 11.2. The Morgan fingerprint density at radius 3 is 3.14 bits per heavy atom. The van der Waals surface area contributed by atoms with Crippen molar-refractivity contribution in [3.8, 4) is 0 Å². The lowest BCUT2D eigenvalue weighted by atomic mass is 10.4. The molecular weight excluding hydrogens is 198 g/mol. The Morgan fingerprint density at radius 2 is 2.57 bits per heavy atom. The van der Waals surface area contributed by atoms with E-state index in [2.05, 4.69) is 22.5 Å². The molecule has 14 heavy (non-hydrogen) atoms. The number of nitrogens with zero attached hydrogens (tertiary/aromatic N) is 1. The number of hydrogen-bond acceptors (Lipinski definition) is 3. The maximum Gasteiger partial charge on any atom is 0.241 e. The number of amidine groups is 1. The molecule has 1 aliphatic heterocycles. The summed E-state index contributed by atoms with van der Waals surface area (Å²) in [7, 11) is 0. The molecule has 0 aromatic carbocycles. The van der Waals surface area contributed by atoms with E-state index in [1.165, 1.54) is 0 Å². The minimum Gasteiger partial charge on any atom is -0.362 e. The van der Waals surface area contributed by atoms with Gasteiger partial charge in [-0.3, -0.25) is 9.79 Å². The summed E-state index contributed by atoms with van der Waals surface area (Å²) in [5.41, 5.74) is 0. The summed E-state index contributed by atoms with van der Waals surface area (Å²) < 4.78 is 0. The Balaban J connectivity index is 2.21. The predicted molar refractivity (Wildman–Crippen MR) is 60.7 cm³/mol. The van der Waals surface area contributed by atoms with Gasteiger partial charge in [-0.2, -0.15) is 0 Å². The summed E-state index contributed by atoms with van der Waals surface area (Å²) in [6, 6.07) is 0.470. The second kappa shape index (κ2) is 5.90. The topological polar surface area (TPSA) is 53.5 Å². The van der Waals surface area contributed by atoms with Gasteiger partial charge in [0, 0.05) is 18.3 Å². The summed E-state index contributed by atoms with van der Waals surface area (Å²) >= 11 is 1.68. The molecule has 0 aromatic heterocycles. The van der Waals surface area contributed by atoms with Gasteiger partial charge in [-0.15, -0.1) is 0 Å². The molecular formula is C9H17N3OS. The van der Waals surface area contributed by atoms with E-state index in [4.69, 9.17) is 0 Å². The van der Waals surface area contributed by atoms with Crippen LogP contribution in [0.5, 0.6) is 0 Å². The number of nitrogens with one attached hydrogen (secondary N) is 2. The zero-order chi connectivity index (χ0) is 10.4. The molecule has 1 rings (SSSR count). The minimum absolute atomic E-state index is 0.00121. The minimum atomic E-state index is 0.00121. The zero-order valence-corrected chi connectivity index (χ0v) is 9.49. The van der Waals surface area contributed by atoms with E-state index in [0.29, 0.717) is 6.04 Å². The molecule has 1 saturated heterocycles. The molecule has 0 radical (unpaired) electrons. The Labute approximate surface area is 88.9 Å². The van der Waals surface area contributed by atoms with Gasteiger partial charge in [-0.05, 0) is 13.3 Å². The van der Waals surface area contributed by atoms with Gasteiger partial charge in [-0.1, -0.05) is 18.7 Å². The van der Waals surface area contributed by atoms with E-state index in [1.54, 1.807) is 11.8 Å². The van der Waals surface area contributed by atoms with Crippen molar-refractivity contribution >= 4 is 22.8 Å². The number of hydrogen-bond donors (Lipinski definition) is 2. The third-order valence-corrected chi connectivity index (χ3v) is 2.97. The fraction of sp³-hybridized carbons (Fsp3) is 0.778. The van der Waals surface area contributed by atoms with Crippen LogP contribution in [0.4, 0.5) is 0 Å². The summed E-state index contributed by atoms with van der Waals surface area (Å²) in [6.07, 6.45) is 0.965. The van der Waals surface area contributed by atoms with Crippen LogP contribution in [0.1, 0.15) is 20.3 Å². The van der Waals surface area contributed by atoms with Gasteiger partial charge in [-0.25, -0.2) is 0 Å². The molecule has 80 valence electrons. The Bertz CT molecular complexity index is 230. The lowest BCUT2D eigenvalue weighted by Crippen LogP contribution is -2.28. The molecule has 1 aliphatic rings. The molecule has 2 N–H and O–H groups in total. The second-order valence-corrected chi connectivity index (χ2v) is 4.34. The number of aliphatic imine (C=N–C) groups is 1. The van der Waals surface area contributed by atoms with Crippen LogP contribution in [0.2, 0.25) is 0 Å². The van der Waals surface area contributed by atoms with Crippen molar-refractivity contribution in [1.82, 2.24) is 10.6 Å². The first kappa shape index (κ1) is 11.4. The van der Waals surface area contributed by atoms with Crippen LogP contribution in [0.25, 0.3) is 0 Å². The molecule has 1 amide bonds. The third kappa shape index (κ3) is 4.00. The highest BCUT2D eigenvalue weighted by Gasteiger charge is 2.15. The fourth-order valence-electron chi connectivity index (χ4n) is 1.05. The first-order valence-electron chi connectivity index (χ1n) is 4.93. The predicted octanol–water partition coefficient (Wildman–Crippen LogP) is 0.593. The van der Waals surface area contributed by atoms with Crippen molar-refractivity contribution in [3.05, 3.63) is 0 Å². The van der Waals surface area contributed by atoms with Crippen LogP contribution in [0.15, 0.2) is 4.99 Å². The van der Waals surface area contributed by atoms with E-state index in [1.807, 2.05) is 6.92 Å². The number of rotatable bonds is 4. The second-order valence-electron chi connectivity index (χ2n) is 3.33. The van der Waals surface area contributed by atoms with Crippen LogP contribution in [-0.2, 0) is 4.79 Å². The first-order chi connectivity index (χ1) is 6.72. The Morgan fingerprint density at radius 1 is 1.79 bits per heavy atom. The number of amides is 1. The molecule has 0 aromatic rings. The van der Waals surface area contributed by atoms with Gasteiger partial charge in [0.05, 0.1) is 0 Å². The molecule has 0 saturated carbocycles. The van der Waals surface area contributed by atoms with Gasteiger partial charge in [0.1, 0.15) is 6.54 Å². The van der Waals surface area contributed by atoms with Gasteiger partial charge >= 0.3 is 0 Å². The van der Waals surface area contributed by atoms with Gasteiger partial charge < -0.3 is 10.6 Å². The van der Waals surface area contributed by atoms with Gasteiger partial charge in [0.2, 0.25) is 5.91 Å². The van der Waals surface area contributed by atoms with Gasteiger partial charge in [0.25, 0.3) is 0 Å². The summed E-state index contributed by atoms with van der Waals surface area (Å²) in [5, 5.41) is 6.88.